The number of aromatic nitrogens is 2. The second kappa shape index (κ2) is 7.77. The van der Waals surface area contributed by atoms with Crippen LogP contribution < -0.4 is 0 Å². The molecule has 1 aliphatic heterocycles. The zero-order valence-electron chi connectivity index (χ0n) is 14.2. The van der Waals surface area contributed by atoms with E-state index >= 15 is 0 Å². The van der Waals surface area contributed by atoms with Gasteiger partial charge < -0.3 is 4.90 Å². The van der Waals surface area contributed by atoms with E-state index in [1.807, 2.05) is 10.9 Å². The first-order valence-corrected chi connectivity index (χ1v) is 8.92. The molecule has 1 aromatic rings. The van der Waals surface area contributed by atoms with Crippen molar-refractivity contribution in [2.45, 2.75) is 45.7 Å². The summed E-state index contributed by atoms with van der Waals surface area (Å²) in [6.07, 6.45) is 12.5. The minimum atomic E-state index is 0.335. The second-order valence-electron chi connectivity index (χ2n) is 6.68. The molecule has 2 aliphatic rings. The Balaban J connectivity index is 1.48. The van der Waals surface area contributed by atoms with Crippen LogP contribution in [0.5, 0.6) is 0 Å². The predicted octanol–water partition coefficient (Wildman–Crippen LogP) is 2.29. The van der Waals surface area contributed by atoms with E-state index in [0.717, 1.165) is 58.5 Å². The van der Waals surface area contributed by atoms with Gasteiger partial charge in [0.1, 0.15) is 0 Å². The van der Waals surface area contributed by atoms with Crippen LogP contribution >= 0.6 is 0 Å². The van der Waals surface area contributed by atoms with Crippen molar-refractivity contribution < 1.29 is 4.79 Å². The molecule has 0 spiro atoms. The number of aryl methyl sites for hydroxylation is 1. The van der Waals surface area contributed by atoms with Crippen LogP contribution in [0, 0.1) is 5.92 Å². The molecule has 23 heavy (non-hydrogen) atoms. The van der Waals surface area contributed by atoms with E-state index in [2.05, 4.69) is 40.2 Å². The summed E-state index contributed by atoms with van der Waals surface area (Å²) in [5.41, 5.74) is 1.27. The molecule has 1 saturated heterocycles. The lowest BCUT2D eigenvalue weighted by Crippen LogP contribution is -2.35. The number of allylic oxidation sites excluding steroid dienone is 2. The van der Waals surface area contributed by atoms with Gasteiger partial charge in [-0.25, -0.2) is 0 Å². The standard InChI is InChI=1S/C18H28N4O/c1-2-22-15-17(13-19-22)14-20-8-5-9-21(11-10-20)18(23)12-16-6-3-4-7-16/h3,6,13,15-16H,2,4-5,7-12,14H2,1H3/t16-/m0/s1. The molecule has 5 heteroatoms. The summed E-state index contributed by atoms with van der Waals surface area (Å²) < 4.78 is 1.97. The van der Waals surface area contributed by atoms with Gasteiger partial charge in [0, 0.05) is 57.4 Å². The van der Waals surface area contributed by atoms with Crippen LogP contribution in [0.2, 0.25) is 0 Å². The third kappa shape index (κ3) is 4.44. The van der Waals surface area contributed by atoms with Crippen molar-refractivity contribution in [3.8, 4) is 0 Å². The maximum atomic E-state index is 12.5. The molecule has 1 aliphatic carbocycles. The summed E-state index contributed by atoms with van der Waals surface area (Å²) in [7, 11) is 0. The van der Waals surface area contributed by atoms with E-state index in [0.29, 0.717) is 18.2 Å². The van der Waals surface area contributed by atoms with Gasteiger partial charge in [0.05, 0.1) is 6.20 Å². The SMILES string of the molecule is CCn1cc(CN2CCCN(C(=O)C[C@H]3C=CCC3)CC2)cn1. The predicted molar refractivity (Wildman–Crippen MR) is 90.9 cm³/mol. The minimum Gasteiger partial charge on any atom is -0.341 e. The van der Waals surface area contributed by atoms with Crippen molar-refractivity contribution >= 4 is 5.91 Å². The molecule has 0 radical (unpaired) electrons. The van der Waals surface area contributed by atoms with Gasteiger partial charge in [0.25, 0.3) is 0 Å². The summed E-state index contributed by atoms with van der Waals surface area (Å²) in [4.78, 5) is 17.0. The lowest BCUT2D eigenvalue weighted by atomic mass is 10.0. The van der Waals surface area contributed by atoms with E-state index in [1.54, 1.807) is 0 Å². The first-order valence-electron chi connectivity index (χ1n) is 8.92. The monoisotopic (exact) mass is 316 g/mol. The molecule has 0 unspecified atom stereocenters. The molecular formula is C18H28N4O. The van der Waals surface area contributed by atoms with E-state index in [4.69, 9.17) is 0 Å². The molecule has 2 heterocycles. The van der Waals surface area contributed by atoms with Crippen LogP contribution in [0.3, 0.4) is 0 Å². The second-order valence-corrected chi connectivity index (χ2v) is 6.68. The Bertz CT molecular complexity index is 551. The highest BCUT2D eigenvalue weighted by molar-refractivity contribution is 5.76. The molecule has 1 aromatic heterocycles. The van der Waals surface area contributed by atoms with Crippen molar-refractivity contribution in [3.63, 3.8) is 0 Å². The lowest BCUT2D eigenvalue weighted by molar-refractivity contribution is -0.131. The fourth-order valence-corrected chi connectivity index (χ4v) is 3.52. The van der Waals surface area contributed by atoms with Crippen molar-refractivity contribution in [2.75, 3.05) is 26.2 Å². The lowest BCUT2D eigenvalue weighted by Gasteiger charge is -2.22. The third-order valence-corrected chi connectivity index (χ3v) is 4.91. The Kier molecular flexibility index (Phi) is 5.49. The molecule has 0 N–H and O–H groups in total. The maximum Gasteiger partial charge on any atom is 0.223 e. The quantitative estimate of drug-likeness (QED) is 0.783. The molecule has 126 valence electrons. The highest BCUT2D eigenvalue weighted by Gasteiger charge is 2.22. The van der Waals surface area contributed by atoms with Crippen LogP contribution in [0.25, 0.3) is 0 Å². The Morgan fingerprint density at radius 3 is 2.96 bits per heavy atom. The summed E-state index contributed by atoms with van der Waals surface area (Å²) in [6.45, 7) is 7.74. The fourth-order valence-electron chi connectivity index (χ4n) is 3.52. The van der Waals surface area contributed by atoms with Gasteiger partial charge in [0.15, 0.2) is 0 Å². The molecule has 1 atom stereocenters. The maximum absolute atomic E-state index is 12.5. The van der Waals surface area contributed by atoms with Crippen molar-refractivity contribution in [1.82, 2.24) is 19.6 Å². The highest BCUT2D eigenvalue weighted by Crippen LogP contribution is 2.21. The molecule has 5 nitrogen and oxygen atoms in total. The number of nitrogens with zero attached hydrogens (tertiary/aromatic N) is 4. The highest BCUT2D eigenvalue weighted by atomic mass is 16.2. The molecule has 0 bridgehead atoms. The number of hydrogen-bond donors (Lipinski definition) is 0. The average Bonchev–Trinajstić information content (AvgIpc) is 3.16. The average molecular weight is 316 g/mol. The van der Waals surface area contributed by atoms with Gasteiger partial charge >= 0.3 is 0 Å². The smallest absolute Gasteiger partial charge is 0.223 e. The van der Waals surface area contributed by atoms with Crippen LogP contribution in [0.15, 0.2) is 24.5 Å². The Morgan fingerprint density at radius 1 is 1.30 bits per heavy atom. The van der Waals surface area contributed by atoms with Crippen LogP contribution in [0.4, 0.5) is 0 Å². The van der Waals surface area contributed by atoms with Gasteiger partial charge in [-0.1, -0.05) is 12.2 Å². The number of carbonyl (C=O) groups excluding carboxylic acids is 1. The Morgan fingerprint density at radius 2 is 2.22 bits per heavy atom. The Labute approximate surface area is 138 Å². The summed E-state index contributed by atoms with van der Waals surface area (Å²) in [6, 6.07) is 0. The fraction of sp³-hybridized carbons (Fsp3) is 0.667. The van der Waals surface area contributed by atoms with Crippen molar-refractivity contribution in [2.24, 2.45) is 5.92 Å². The number of amides is 1. The molecule has 1 amide bonds. The molecule has 0 aromatic carbocycles. The van der Waals surface area contributed by atoms with E-state index in [1.165, 1.54) is 5.56 Å². The summed E-state index contributed by atoms with van der Waals surface area (Å²) >= 11 is 0. The molecular weight excluding hydrogens is 288 g/mol. The topological polar surface area (TPSA) is 41.4 Å². The van der Waals surface area contributed by atoms with E-state index in [-0.39, 0.29) is 0 Å². The zero-order valence-corrected chi connectivity index (χ0v) is 14.2. The van der Waals surface area contributed by atoms with Crippen molar-refractivity contribution in [1.29, 1.82) is 0 Å². The van der Waals surface area contributed by atoms with Gasteiger partial charge in [-0.15, -0.1) is 0 Å². The largest absolute Gasteiger partial charge is 0.341 e. The number of rotatable bonds is 5. The number of carbonyl (C=O) groups is 1. The summed E-state index contributed by atoms with van der Waals surface area (Å²) in [5.74, 6) is 0.809. The number of hydrogen-bond acceptors (Lipinski definition) is 3. The molecule has 3 rings (SSSR count). The van der Waals surface area contributed by atoms with Gasteiger partial charge in [-0.3, -0.25) is 14.4 Å². The van der Waals surface area contributed by atoms with E-state index in [9.17, 15) is 4.79 Å². The third-order valence-electron chi connectivity index (χ3n) is 4.91. The Hall–Kier alpha value is -1.62. The zero-order chi connectivity index (χ0) is 16.1. The molecule has 1 fully saturated rings. The first-order chi connectivity index (χ1) is 11.2. The molecule has 0 saturated carbocycles. The van der Waals surface area contributed by atoms with Crippen LogP contribution in [-0.4, -0.2) is 51.7 Å². The van der Waals surface area contributed by atoms with E-state index < -0.39 is 0 Å². The van der Waals surface area contributed by atoms with Gasteiger partial charge in [-0.05, 0) is 32.1 Å². The minimum absolute atomic E-state index is 0.335. The summed E-state index contributed by atoms with van der Waals surface area (Å²) in [5, 5.41) is 4.34. The van der Waals surface area contributed by atoms with Crippen LogP contribution in [-0.2, 0) is 17.9 Å². The van der Waals surface area contributed by atoms with Gasteiger partial charge in [-0.2, -0.15) is 5.10 Å². The normalized spacial score (nSPS) is 22.5. The van der Waals surface area contributed by atoms with Crippen molar-refractivity contribution in [3.05, 3.63) is 30.1 Å². The van der Waals surface area contributed by atoms with Crippen LogP contribution in [0.1, 0.15) is 38.2 Å². The van der Waals surface area contributed by atoms with Gasteiger partial charge in [0.2, 0.25) is 5.91 Å². The first kappa shape index (κ1) is 16.2.